The number of alkyl halides is 3. The molecule has 1 fully saturated rings. The highest BCUT2D eigenvalue weighted by atomic mass is 19.4. The molecule has 0 atom stereocenters. The third kappa shape index (κ3) is 3.60. The number of halogens is 3. The second kappa shape index (κ2) is 5.95. The first-order valence-corrected chi connectivity index (χ1v) is 6.77. The van der Waals surface area contributed by atoms with Crippen molar-refractivity contribution < 1.29 is 13.2 Å². The Morgan fingerprint density at radius 3 is 2.55 bits per heavy atom. The number of pyridine rings is 1. The molecule has 1 aromatic heterocycles. The number of likely N-dealkylation sites (tertiary alicyclic amines) is 1. The smallest absolute Gasteiger partial charge is 0.299 e. The maximum absolute atomic E-state index is 12.6. The minimum Gasteiger partial charge on any atom is -0.299 e. The molecule has 2 nitrogen and oxygen atoms in total. The molecule has 110 valence electrons. The van der Waals surface area contributed by atoms with Gasteiger partial charge in [0.15, 0.2) is 0 Å². The zero-order valence-electron chi connectivity index (χ0n) is 11.6. The van der Waals surface area contributed by atoms with E-state index < -0.39 is 12.1 Å². The summed E-state index contributed by atoms with van der Waals surface area (Å²) in [6.07, 6.45) is -0.176. The van der Waals surface area contributed by atoms with Crippen LogP contribution in [0.1, 0.15) is 29.7 Å². The van der Waals surface area contributed by atoms with Crippen molar-refractivity contribution >= 4 is 6.08 Å². The summed E-state index contributed by atoms with van der Waals surface area (Å²) in [6, 6.07) is 1.95. The summed E-state index contributed by atoms with van der Waals surface area (Å²) in [5.74, 6) is -1.14. The fourth-order valence-corrected chi connectivity index (χ4v) is 2.54. The number of aromatic nitrogens is 1. The molecule has 0 bridgehead atoms. The van der Waals surface area contributed by atoms with Crippen LogP contribution in [0.2, 0.25) is 0 Å². The summed E-state index contributed by atoms with van der Waals surface area (Å²) in [4.78, 5) is 6.32. The molecule has 1 aromatic rings. The second-order valence-corrected chi connectivity index (χ2v) is 5.33. The lowest BCUT2D eigenvalue weighted by atomic mass is 9.96. The van der Waals surface area contributed by atoms with Gasteiger partial charge in [0.2, 0.25) is 0 Å². The average Bonchev–Trinajstić information content (AvgIpc) is 2.40. The molecule has 0 aromatic carbocycles. The summed E-state index contributed by atoms with van der Waals surface area (Å²) in [6.45, 7) is 7.32. The van der Waals surface area contributed by atoms with Gasteiger partial charge in [-0.1, -0.05) is 6.58 Å². The molecule has 0 radical (unpaired) electrons. The molecule has 1 saturated heterocycles. The van der Waals surface area contributed by atoms with Crippen molar-refractivity contribution in [2.45, 2.75) is 32.5 Å². The van der Waals surface area contributed by atoms with E-state index in [1.54, 1.807) is 12.3 Å². The van der Waals surface area contributed by atoms with E-state index in [1.165, 1.54) is 0 Å². The first kappa shape index (κ1) is 15.0. The Bertz CT molecular complexity index is 474. The lowest BCUT2D eigenvalue weighted by Crippen LogP contribution is -2.38. The monoisotopic (exact) mass is 284 g/mol. The topological polar surface area (TPSA) is 16.1 Å². The van der Waals surface area contributed by atoms with E-state index in [1.807, 2.05) is 13.0 Å². The number of nitrogens with zero attached hydrogens (tertiary/aromatic N) is 2. The van der Waals surface area contributed by atoms with Crippen LogP contribution in [0.25, 0.3) is 6.08 Å². The number of rotatable bonds is 3. The van der Waals surface area contributed by atoms with Gasteiger partial charge in [0.25, 0.3) is 0 Å². The lowest BCUT2D eigenvalue weighted by molar-refractivity contribution is -0.185. The fraction of sp³-hybridized carbons (Fsp3) is 0.533. The van der Waals surface area contributed by atoms with E-state index in [0.717, 1.165) is 16.8 Å². The summed E-state index contributed by atoms with van der Waals surface area (Å²) in [7, 11) is 0. The molecule has 0 unspecified atom stereocenters. The molecule has 2 rings (SSSR count). The van der Waals surface area contributed by atoms with Gasteiger partial charge >= 0.3 is 6.18 Å². The van der Waals surface area contributed by atoms with Crippen LogP contribution in [0.15, 0.2) is 18.8 Å². The van der Waals surface area contributed by atoms with Crippen LogP contribution >= 0.6 is 0 Å². The van der Waals surface area contributed by atoms with E-state index >= 15 is 0 Å². The Hall–Kier alpha value is -1.36. The van der Waals surface area contributed by atoms with Crippen LogP contribution in [-0.4, -0.2) is 29.1 Å². The van der Waals surface area contributed by atoms with E-state index in [9.17, 15) is 13.2 Å². The van der Waals surface area contributed by atoms with E-state index in [-0.39, 0.29) is 12.8 Å². The lowest BCUT2D eigenvalue weighted by Gasteiger charge is -2.33. The van der Waals surface area contributed by atoms with Crippen molar-refractivity contribution in [3.63, 3.8) is 0 Å². The highest BCUT2D eigenvalue weighted by Crippen LogP contribution is 2.34. The van der Waals surface area contributed by atoms with Crippen molar-refractivity contribution in [1.29, 1.82) is 0 Å². The predicted molar refractivity (Wildman–Crippen MR) is 73.1 cm³/mol. The van der Waals surface area contributed by atoms with Crippen LogP contribution in [0, 0.1) is 12.8 Å². The molecular formula is C15H19F3N2. The average molecular weight is 284 g/mol. The number of hydrogen-bond acceptors (Lipinski definition) is 2. The molecule has 5 heteroatoms. The van der Waals surface area contributed by atoms with Crippen molar-refractivity contribution in [2.24, 2.45) is 5.92 Å². The molecule has 0 saturated carbocycles. The SMILES string of the molecule is C=Cc1cc(C)c(CN2CCC(C(F)(F)F)CC2)cn1. The Labute approximate surface area is 117 Å². The second-order valence-electron chi connectivity index (χ2n) is 5.33. The van der Waals surface area contributed by atoms with Crippen LogP contribution in [0.4, 0.5) is 13.2 Å². The predicted octanol–water partition coefficient (Wildman–Crippen LogP) is 3.81. The Morgan fingerprint density at radius 2 is 2.05 bits per heavy atom. The molecular weight excluding hydrogens is 265 g/mol. The number of aryl methyl sites for hydroxylation is 1. The van der Waals surface area contributed by atoms with E-state index in [2.05, 4.69) is 16.5 Å². The third-order valence-electron chi connectivity index (χ3n) is 3.89. The third-order valence-corrected chi connectivity index (χ3v) is 3.89. The molecule has 20 heavy (non-hydrogen) atoms. The van der Waals surface area contributed by atoms with Crippen LogP contribution < -0.4 is 0 Å². The summed E-state index contributed by atoms with van der Waals surface area (Å²) >= 11 is 0. The quantitative estimate of drug-likeness (QED) is 0.839. The first-order chi connectivity index (χ1) is 9.40. The highest BCUT2D eigenvalue weighted by Gasteiger charge is 2.40. The maximum Gasteiger partial charge on any atom is 0.391 e. The van der Waals surface area contributed by atoms with Crippen molar-refractivity contribution in [3.8, 4) is 0 Å². The largest absolute Gasteiger partial charge is 0.391 e. The van der Waals surface area contributed by atoms with Gasteiger partial charge in [0, 0.05) is 12.7 Å². The minimum atomic E-state index is -4.05. The summed E-state index contributed by atoms with van der Waals surface area (Å²) < 4.78 is 37.8. The minimum absolute atomic E-state index is 0.195. The molecule has 0 aliphatic carbocycles. The Morgan fingerprint density at radius 1 is 1.40 bits per heavy atom. The molecule has 1 aliphatic heterocycles. The van der Waals surface area contributed by atoms with Gasteiger partial charge < -0.3 is 0 Å². The van der Waals surface area contributed by atoms with E-state index in [0.29, 0.717) is 19.6 Å². The zero-order chi connectivity index (χ0) is 14.8. The molecule has 1 aliphatic rings. The van der Waals surface area contributed by atoms with Crippen LogP contribution in [0.3, 0.4) is 0 Å². The van der Waals surface area contributed by atoms with Gasteiger partial charge in [-0.05, 0) is 56.1 Å². The van der Waals surface area contributed by atoms with Gasteiger partial charge in [-0.15, -0.1) is 0 Å². The highest BCUT2D eigenvalue weighted by molar-refractivity contribution is 5.44. The fourth-order valence-electron chi connectivity index (χ4n) is 2.54. The zero-order valence-corrected chi connectivity index (χ0v) is 11.6. The van der Waals surface area contributed by atoms with Crippen LogP contribution in [0.5, 0.6) is 0 Å². The van der Waals surface area contributed by atoms with E-state index in [4.69, 9.17) is 0 Å². The van der Waals surface area contributed by atoms with Crippen molar-refractivity contribution in [2.75, 3.05) is 13.1 Å². The molecule has 0 spiro atoms. The van der Waals surface area contributed by atoms with Gasteiger partial charge in [-0.3, -0.25) is 9.88 Å². The first-order valence-electron chi connectivity index (χ1n) is 6.77. The Kier molecular flexibility index (Phi) is 4.48. The maximum atomic E-state index is 12.6. The Balaban J connectivity index is 1.94. The summed E-state index contributed by atoms with van der Waals surface area (Å²) in [5.41, 5.74) is 3.00. The van der Waals surface area contributed by atoms with Crippen molar-refractivity contribution in [3.05, 3.63) is 35.7 Å². The molecule has 0 amide bonds. The number of piperidine rings is 1. The van der Waals surface area contributed by atoms with Crippen LogP contribution in [-0.2, 0) is 6.54 Å². The normalized spacial score (nSPS) is 18.2. The van der Waals surface area contributed by atoms with Gasteiger partial charge in [-0.25, -0.2) is 0 Å². The molecule has 2 heterocycles. The standard InChI is InChI=1S/C15H19F3N2/c1-3-14-8-11(2)12(9-19-14)10-20-6-4-13(5-7-20)15(16,17)18/h3,8-9,13H,1,4-7,10H2,2H3. The molecule has 0 N–H and O–H groups in total. The van der Waals surface area contributed by atoms with Gasteiger partial charge in [0.1, 0.15) is 0 Å². The number of hydrogen-bond donors (Lipinski definition) is 0. The van der Waals surface area contributed by atoms with Gasteiger partial charge in [-0.2, -0.15) is 13.2 Å². The summed E-state index contributed by atoms with van der Waals surface area (Å²) in [5, 5.41) is 0. The van der Waals surface area contributed by atoms with Gasteiger partial charge in [0.05, 0.1) is 11.6 Å². The van der Waals surface area contributed by atoms with Crippen molar-refractivity contribution in [1.82, 2.24) is 9.88 Å².